The zero-order valence-corrected chi connectivity index (χ0v) is 15.4. The van der Waals surface area contributed by atoms with Crippen LogP contribution in [-0.2, 0) is 12.8 Å². The molecule has 138 valence electrons. The molecule has 1 aliphatic carbocycles. The van der Waals surface area contributed by atoms with Crippen molar-refractivity contribution in [2.24, 2.45) is 0 Å². The average molecular weight is 382 g/mol. The molecular formula is C21H20ClN3O2. The minimum absolute atomic E-state index is 0.296. The van der Waals surface area contributed by atoms with Gasteiger partial charge in [0.25, 0.3) is 0 Å². The highest BCUT2D eigenvalue weighted by Crippen LogP contribution is 2.31. The number of aliphatic hydroxyl groups is 2. The van der Waals surface area contributed by atoms with E-state index in [1.807, 2.05) is 36.4 Å². The fourth-order valence-corrected chi connectivity index (χ4v) is 3.51. The molecule has 2 aromatic carbocycles. The van der Waals surface area contributed by atoms with Gasteiger partial charge < -0.3 is 15.5 Å². The molecule has 3 aromatic rings. The Hall–Kier alpha value is -2.47. The van der Waals surface area contributed by atoms with Crippen LogP contribution < -0.4 is 5.32 Å². The Morgan fingerprint density at radius 1 is 1.07 bits per heavy atom. The quantitative estimate of drug-likeness (QED) is 0.621. The number of aliphatic hydroxyl groups excluding tert-OH is 2. The van der Waals surface area contributed by atoms with Crippen LogP contribution in [0.4, 0.5) is 11.5 Å². The Morgan fingerprint density at radius 3 is 2.63 bits per heavy atom. The molecule has 0 spiro atoms. The third-order valence-electron chi connectivity index (χ3n) is 4.75. The van der Waals surface area contributed by atoms with Gasteiger partial charge in [-0.15, -0.1) is 0 Å². The summed E-state index contributed by atoms with van der Waals surface area (Å²) in [6.07, 6.45) is 2.10. The maximum atomic E-state index is 9.72. The molecule has 5 nitrogen and oxygen atoms in total. The lowest BCUT2D eigenvalue weighted by atomic mass is 10.1. The fourth-order valence-electron chi connectivity index (χ4n) is 3.32. The van der Waals surface area contributed by atoms with Gasteiger partial charge in [-0.25, -0.2) is 9.97 Å². The van der Waals surface area contributed by atoms with E-state index in [4.69, 9.17) is 26.7 Å². The number of aryl methyl sites for hydroxylation is 1. The van der Waals surface area contributed by atoms with Crippen molar-refractivity contribution in [3.63, 3.8) is 0 Å². The minimum Gasteiger partial charge on any atom is -0.393 e. The zero-order chi connectivity index (χ0) is 18.8. The third-order valence-corrected chi connectivity index (χ3v) is 4.98. The van der Waals surface area contributed by atoms with E-state index in [1.54, 1.807) is 12.1 Å². The standard InChI is InChI=1S/C21H20ClN3O2/c22-15-4-1-3-14(11-15)20-24-18-6-2-5-17(18)21(25-20)23-16-9-7-13(8-10-16)19(27)12-26/h1,3-4,7-11,19,26-27H,2,5-6,12H2,(H,23,24,25). The number of hydrogen-bond acceptors (Lipinski definition) is 5. The van der Waals surface area contributed by atoms with Crippen molar-refractivity contribution in [2.75, 3.05) is 11.9 Å². The highest BCUT2D eigenvalue weighted by atomic mass is 35.5. The molecule has 1 unspecified atom stereocenters. The van der Waals surface area contributed by atoms with Crippen LogP contribution in [0.25, 0.3) is 11.4 Å². The second-order valence-corrected chi connectivity index (χ2v) is 7.07. The largest absolute Gasteiger partial charge is 0.393 e. The van der Waals surface area contributed by atoms with Crippen LogP contribution >= 0.6 is 11.6 Å². The summed E-state index contributed by atoms with van der Waals surface area (Å²) in [5.74, 6) is 1.47. The van der Waals surface area contributed by atoms with Gasteiger partial charge in [-0.2, -0.15) is 0 Å². The molecule has 0 fully saturated rings. The van der Waals surface area contributed by atoms with E-state index in [2.05, 4.69) is 5.32 Å². The monoisotopic (exact) mass is 381 g/mol. The van der Waals surface area contributed by atoms with Crippen LogP contribution in [0.1, 0.15) is 29.3 Å². The number of rotatable bonds is 5. The van der Waals surface area contributed by atoms with Crippen molar-refractivity contribution in [3.8, 4) is 11.4 Å². The topological polar surface area (TPSA) is 78.3 Å². The molecule has 0 radical (unpaired) electrons. The maximum absolute atomic E-state index is 9.72. The smallest absolute Gasteiger partial charge is 0.161 e. The lowest BCUT2D eigenvalue weighted by Crippen LogP contribution is -2.05. The van der Waals surface area contributed by atoms with Gasteiger partial charge in [0.2, 0.25) is 0 Å². The average Bonchev–Trinajstić information content (AvgIpc) is 3.17. The summed E-state index contributed by atoms with van der Waals surface area (Å²) in [6.45, 7) is -0.296. The third kappa shape index (κ3) is 3.81. The summed E-state index contributed by atoms with van der Waals surface area (Å²) in [6, 6.07) is 14.9. The number of nitrogens with one attached hydrogen (secondary N) is 1. The van der Waals surface area contributed by atoms with Gasteiger partial charge in [0, 0.05) is 27.5 Å². The summed E-state index contributed by atoms with van der Waals surface area (Å²) in [5, 5.41) is 22.8. The van der Waals surface area contributed by atoms with Gasteiger partial charge in [-0.3, -0.25) is 0 Å². The molecule has 1 aromatic heterocycles. The van der Waals surface area contributed by atoms with E-state index in [0.717, 1.165) is 47.6 Å². The van der Waals surface area contributed by atoms with Crippen LogP contribution in [0.5, 0.6) is 0 Å². The Morgan fingerprint density at radius 2 is 1.89 bits per heavy atom. The molecule has 0 bridgehead atoms. The predicted molar refractivity (Wildman–Crippen MR) is 106 cm³/mol. The Balaban J connectivity index is 1.68. The molecule has 1 aliphatic rings. The van der Waals surface area contributed by atoms with Crippen LogP contribution in [0, 0.1) is 0 Å². The number of fused-ring (bicyclic) bond motifs is 1. The molecule has 3 N–H and O–H groups in total. The zero-order valence-electron chi connectivity index (χ0n) is 14.7. The van der Waals surface area contributed by atoms with Gasteiger partial charge in [-0.05, 0) is 49.1 Å². The number of nitrogens with zero attached hydrogens (tertiary/aromatic N) is 2. The Bertz CT molecular complexity index is 960. The highest BCUT2D eigenvalue weighted by molar-refractivity contribution is 6.30. The molecule has 27 heavy (non-hydrogen) atoms. The van der Waals surface area contributed by atoms with Crippen LogP contribution in [0.15, 0.2) is 48.5 Å². The van der Waals surface area contributed by atoms with E-state index in [9.17, 15) is 5.11 Å². The van der Waals surface area contributed by atoms with Crippen LogP contribution in [0.3, 0.4) is 0 Å². The lowest BCUT2D eigenvalue weighted by Gasteiger charge is -2.14. The van der Waals surface area contributed by atoms with E-state index in [0.29, 0.717) is 16.4 Å². The Labute approximate surface area is 162 Å². The first-order valence-electron chi connectivity index (χ1n) is 8.95. The second-order valence-electron chi connectivity index (χ2n) is 6.63. The number of benzene rings is 2. The van der Waals surface area contributed by atoms with Crippen molar-refractivity contribution in [2.45, 2.75) is 25.4 Å². The fraction of sp³-hybridized carbons (Fsp3) is 0.238. The van der Waals surface area contributed by atoms with E-state index in [-0.39, 0.29) is 6.61 Å². The van der Waals surface area contributed by atoms with Crippen LogP contribution in [-0.4, -0.2) is 26.8 Å². The lowest BCUT2D eigenvalue weighted by molar-refractivity contribution is 0.0956. The summed E-state index contributed by atoms with van der Waals surface area (Å²) >= 11 is 6.12. The van der Waals surface area contributed by atoms with Gasteiger partial charge >= 0.3 is 0 Å². The van der Waals surface area contributed by atoms with Crippen molar-refractivity contribution >= 4 is 23.1 Å². The first-order valence-corrected chi connectivity index (χ1v) is 9.33. The molecule has 1 heterocycles. The molecule has 0 saturated heterocycles. The number of halogens is 1. The van der Waals surface area contributed by atoms with E-state index < -0.39 is 6.10 Å². The maximum Gasteiger partial charge on any atom is 0.161 e. The molecule has 0 amide bonds. The number of hydrogen-bond donors (Lipinski definition) is 3. The van der Waals surface area contributed by atoms with Crippen molar-refractivity contribution in [1.82, 2.24) is 9.97 Å². The Kier molecular flexibility index (Phi) is 5.07. The molecule has 4 rings (SSSR count). The SMILES string of the molecule is OCC(O)c1ccc(Nc2nc(-c3cccc(Cl)c3)nc3c2CCC3)cc1. The molecule has 0 aliphatic heterocycles. The molecule has 1 atom stereocenters. The second kappa shape index (κ2) is 7.64. The first-order chi connectivity index (χ1) is 13.1. The summed E-state index contributed by atoms with van der Waals surface area (Å²) in [5.41, 5.74) is 4.67. The van der Waals surface area contributed by atoms with Crippen molar-refractivity contribution in [3.05, 3.63) is 70.4 Å². The van der Waals surface area contributed by atoms with Gasteiger partial charge in [0.05, 0.1) is 6.61 Å². The molecular weight excluding hydrogens is 362 g/mol. The van der Waals surface area contributed by atoms with E-state index in [1.165, 1.54) is 0 Å². The predicted octanol–water partition coefficient (Wildman–Crippen LogP) is 4.06. The van der Waals surface area contributed by atoms with Gasteiger partial charge in [0.1, 0.15) is 11.9 Å². The van der Waals surface area contributed by atoms with Crippen molar-refractivity contribution < 1.29 is 10.2 Å². The molecule has 6 heteroatoms. The first kappa shape index (κ1) is 17.9. The van der Waals surface area contributed by atoms with Crippen molar-refractivity contribution in [1.29, 1.82) is 0 Å². The minimum atomic E-state index is -0.864. The van der Waals surface area contributed by atoms with E-state index >= 15 is 0 Å². The number of aromatic nitrogens is 2. The highest BCUT2D eigenvalue weighted by Gasteiger charge is 2.20. The van der Waals surface area contributed by atoms with Gasteiger partial charge in [0.15, 0.2) is 5.82 Å². The summed E-state index contributed by atoms with van der Waals surface area (Å²) in [4.78, 5) is 9.50. The number of anilines is 2. The van der Waals surface area contributed by atoms with Gasteiger partial charge in [-0.1, -0.05) is 35.9 Å². The summed E-state index contributed by atoms with van der Waals surface area (Å²) in [7, 11) is 0. The normalized spacial score (nSPS) is 14.0. The molecule has 0 saturated carbocycles. The summed E-state index contributed by atoms with van der Waals surface area (Å²) < 4.78 is 0. The van der Waals surface area contributed by atoms with Crippen LogP contribution in [0.2, 0.25) is 5.02 Å².